The van der Waals surface area contributed by atoms with Crippen molar-refractivity contribution in [2.75, 3.05) is 0 Å². The Bertz CT molecular complexity index is 408. The molecule has 0 amide bonds. The van der Waals surface area contributed by atoms with E-state index in [4.69, 9.17) is 5.11 Å². The van der Waals surface area contributed by atoms with Gasteiger partial charge in [-0.3, -0.25) is 4.79 Å². The number of carboxylic acid groups (broad SMARTS) is 1. The Morgan fingerprint density at radius 3 is 2.39 bits per heavy atom. The molecule has 96 valence electrons. The van der Waals surface area contributed by atoms with Crippen molar-refractivity contribution in [2.45, 2.75) is 6.42 Å². The Morgan fingerprint density at radius 1 is 1.28 bits per heavy atom. The van der Waals surface area contributed by atoms with Crippen molar-refractivity contribution in [1.29, 1.82) is 0 Å². The first kappa shape index (κ1) is 17.0. The second kappa shape index (κ2) is 10.00. The van der Waals surface area contributed by atoms with Crippen LogP contribution in [0.25, 0.3) is 10.9 Å². The first-order valence-corrected chi connectivity index (χ1v) is 6.26. The molecule has 0 spiro atoms. The van der Waals surface area contributed by atoms with Crippen LogP contribution in [0.2, 0.25) is 0 Å². The number of benzene rings is 1. The molecule has 2 aromatic rings. The fourth-order valence-corrected chi connectivity index (χ4v) is 2.01. The molecule has 0 saturated heterocycles. The Balaban J connectivity index is 0.000000421. The van der Waals surface area contributed by atoms with Crippen LogP contribution in [0.4, 0.5) is 0 Å². The minimum atomic E-state index is -0.856. The van der Waals surface area contributed by atoms with Gasteiger partial charge in [-0.05, 0) is 6.07 Å². The minimum absolute atomic E-state index is 0. The van der Waals surface area contributed by atoms with Crippen molar-refractivity contribution in [3.8, 4) is 10.9 Å². The summed E-state index contributed by atoms with van der Waals surface area (Å²) in [5.41, 5.74) is 1.22. The first-order chi connectivity index (χ1) is 8.24. The molecule has 0 aliphatic carbocycles. The second-order valence-electron chi connectivity index (χ2n) is 3.20. The second-order valence-corrected chi connectivity index (χ2v) is 4.36. The van der Waals surface area contributed by atoms with Gasteiger partial charge in [-0.1, -0.05) is 18.6 Å². The van der Waals surface area contributed by atoms with Crippen LogP contribution in [0, 0.1) is 13.0 Å². The Labute approximate surface area is 123 Å². The molecule has 1 aromatic heterocycles. The first-order valence-electron chi connectivity index (χ1n) is 5.19. The van der Waals surface area contributed by atoms with E-state index >= 15 is 0 Å². The van der Waals surface area contributed by atoms with Gasteiger partial charge < -0.3 is 12.0 Å². The summed E-state index contributed by atoms with van der Waals surface area (Å²) in [6.45, 7) is 3.09. The number of rotatable bonds is 2. The summed E-state index contributed by atoms with van der Waals surface area (Å²) in [4.78, 5) is 9.31. The molecule has 0 saturated carbocycles. The van der Waals surface area contributed by atoms with Gasteiger partial charge in [0, 0.05) is 0 Å². The quantitative estimate of drug-likeness (QED) is 0.723. The van der Waals surface area contributed by atoms with Crippen molar-refractivity contribution >= 4 is 14.2 Å². The van der Waals surface area contributed by atoms with Crippen molar-refractivity contribution in [1.82, 2.24) is 0 Å². The van der Waals surface area contributed by atoms with E-state index in [-0.39, 0.29) is 27.5 Å². The van der Waals surface area contributed by atoms with Gasteiger partial charge in [-0.25, -0.2) is 0 Å². The normalized spacial score (nSPS) is 8.94. The summed E-state index contributed by atoms with van der Waals surface area (Å²) in [5, 5.41) is 9.03. The Hall–Kier alpha value is -0.972. The molecule has 18 heavy (non-hydrogen) atoms. The summed E-state index contributed by atoms with van der Waals surface area (Å²) in [6, 6.07) is 17.7. The standard InChI is InChI=1S/C11H8P.C3H5O2.Pt/c1-2-6-10(7-3-1)11-8-4-5-9-12-11;1-2-3(4)5;/h1-6,8-9H;1-2H2,(H,4,5);/q2*-1;+2/p+1. The molecule has 1 unspecified atom stereocenters. The van der Waals surface area contributed by atoms with Crippen molar-refractivity contribution in [2.24, 2.45) is 0 Å². The molecule has 2 nitrogen and oxygen atoms in total. The van der Waals surface area contributed by atoms with Crippen LogP contribution in [-0.4, -0.2) is 11.1 Å². The summed E-state index contributed by atoms with van der Waals surface area (Å²) in [6.07, 6.45) is -0.0278. The largest absolute Gasteiger partial charge is 2.00 e. The van der Waals surface area contributed by atoms with Crippen LogP contribution in [-0.2, 0) is 25.9 Å². The average molecular weight is 440 g/mol. The average Bonchev–Trinajstić information content (AvgIpc) is 2.41. The number of hydrogen-bond donors (Lipinski definition) is 1. The van der Waals surface area contributed by atoms with Crippen molar-refractivity contribution in [3.05, 3.63) is 61.3 Å². The zero-order chi connectivity index (χ0) is 12.5. The molecule has 1 N–H and O–H groups in total. The van der Waals surface area contributed by atoms with Gasteiger partial charge in [0.05, 0.1) is 13.5 Å². The third-order valence-corrected chi connectivity index (χ3v) is 3.03. The zero-order valence-electron chi connectivity index (χ0n) is 9.70. The van der Waals surface area contributed by atoms with Crippen molar-refractivity contribution in [3.63, 3.8) is 0 Å². The van der Waals surface area contributed by atoms with E-state index in [1.807, 2.05) is 12.1 Å². The monoisotopic (exact) mass is 440 g/mol. The summed E-state index contributed by atoms with van der Waals surface area (Å²) < 4.78 is 0. The number of carbonyl (C=O) groups is 1. The molecule has 0 aliphatic heterocycles. The molecule has 0 radical (unpaired) electrons. The van der Waals surface area contributed by atoms with Crippen molar-refractivity contribution < 1.29 is 31.0 Å². The van der Waals surface area contributed by atoms with Gasteiger partial charge in [0.15, 0.2) is 0 Å². The Kier molecular flexibility index (Phi) is 9.46. The van der Waals surface area contributed by atoms with E-state index in [1.165, 1.54) is 10.9 Å². The maximum atomic E-state index is 9.31. The van der Waals surface area contributed by atoms with E-state index in [9.17, 15) is 4.79 Å². The third-order valence-electron chi connectivity index (χ3n) is 1.92. The van der Waals surface area contributed by atoms with Crippen LogP contribution >= 0.6 is 8.19 Å². The third kappa shape index (κ3) is 6.69. The van der Waals surface area contributed by atoms with Gasteiger partial charge >= 0.3 is 21.1 Å². The summed E-state index contributed by atoms with van der Waals surface area (Å²) >= 11 is 0. The van der Waals surface area contributed by atoms with Crippen LogP contribution in [0.15, 0.2) is 48.3 Å². The maximum absolute atomic E-state index is 9.31. The van der Waals surface area contributed by atoms with E-state index < -0.39 is 5.97 Å². The van der Waals surface area contributed by atoms with Gasteiger partial charge in [0.1, 0.15) is 5.80 Å². The zero-order valence-corrected chi connectivity index (χ0v) is 13.0. The SMILES string of the molecule is [CH2-]CC(=O)O.[Pt+2].[c-]1ccccc1-c1cccc[pH+]1. The predicted molar refractivity (Wildman–Crippen MR) is 72.2 cm³/mol. The number of hydrogen-bond acceptors (Lipinski definition) is 1. The van der Waals surface area contributed by atoms with Crippen LogP contribution in [0.3, 0.4) is 0 Å². The summed E-state index contributed by atoms with van der Waals surface area (Å²) in [5.74, 6) is 1.33. The number of carboxylic acids is 1. The van der Waals surface area contributed by atoms with E-state index in [2.05, 4.69) is 49.1 Å². The molecule has 0 fully saturated rings. The molecule has 0 bridgehead atoms. The van der Waals surface area contributed by atoms with Gasteiger partial charge in [0.25, 0.3) is 5.97 Å². The molecule has 2 rings (SSSR count). The van der Waals surface area contributed by atoms with Crippen LogP contribution in [0.1, 0.15) is 6.42 Å². The van der Waals surface area contributed by atoms with E-state index in [0.717, 1.165) is 8.19 Å². The van der Waals surface area contributed by atoms with E-state index in [1.54, 1.807) is 0 Å². The molecule has 1 aromatic carbocycles. The fourth-order valence-electron chi connectivity index (χ4n) is 1.12. The summed E-state index contributed by atoms with van der Waals surface area (Å²) in [7, 11) is 0.788. The topological polar surface area (TPSA) is 37.3 Å². The molecule has 1 atom stereocenters. The van der Waals surface area contributed by atoms with Gasteiger partial charge in [0.2, 0.25) is 0 Å². The fraction of sp³-hybridized carbons (Fsp3) is 0.0714. The molecule has 1 heterocycles. The predicted octanol–water partition coefficient (Wildman–Crippen LogP) is 3.76. The molecule has 0 aliphatic rings. The van der Waals surface area contributed by atoms with E-state index in [0.29, 0.717) is 0 Å². The van der Waals surface area contributed by atoms with Gasteiger partial charge in [-0.2, -0.15) is 0 Å². The molecule has 4 heteroatoms. The smallest absolute Gasteiger partial charge is 0.483 e. The van der Waals surface area contributed by atoms with Crippen LogP contribution in [0.5, 0.6) is 0 Å². The van der Waals surface area contributed by atoms with Crippen LogP contribution < -0.4 is 0 Å². The maximum Gasteiger partial charge on any atom is 2.00 e. The number of aliphatic carboxylic acids is 1. The minimum Gasteiger partial charge on any atom is -0.483 e. The molecular formula is C14H14O2PPt+. The Morgan fingerprint density at radius 2 is 1.94 bits per heavy atom. The molecular weight excluding hydrogens is 426 g/mol. The van der Waals surface area contributed by atoms with Gasteiger partial charge in [-0.15, -0.1) is 35.9 Å².